The molecule has 0 aliphatic carbocycles. The van der Waals surface area contributed by atoms with Crippen molar-refractivity contribution < 1.29 is 4.79 Å². The van der Waals surface area contributed by atoms with Crippen LogP contribution >= 0.6 is 10.5 Å². The molecule has 0 spiro atoms. The minimum absolute atomic E-state index is 0.142. The summed E-state index contributed by atoms with van der Waals surface area (Å²) < 4.78 is 0. The van der Waals surface area contributed by atoms with E-state index in [1.807, 2.05) is 10.3 Å². The van der Waals surface area contributed by atoms with Crippen molar-refractivity contribution >= 4 is 21.8 Å². The first-order valence-electron chi connectivity index (χ1n) is 3.90. The van der Waals surface area contributed by atoms with Crippen molar-refractivity contribution in [1.82, 2.24) is 4.90 Å². The summed E-state index contributed by atoms with van der Waals surface area (Å²) in [7, 11) is 0.142. The molecule has 0 unspecified atom stereocenters. The molecule has 0 bridgehead atoms. The van der Waals surface area contributed by atoms with Crippen LogP contribution in [0.5, 0.6) is 0 Å². The molecular weight excluding hydrogens is 158 g/mol. The van der Waals surface area contributed by atoms with Gasteiger partial charge < -0.3 is 4.90 Å². The number of amides is 1. The Morgan fingerprint density at radius 2 is 1.91 bits per heavy atom. The average Bonchev–Trinajstić information content (AvgIpc) is 2.35. The van der Waals surface area contributed by atoms with Gasteiger partial charge in [-0.25, -0.2) is 0 Å². The van der Waals surface area contributed by atoms with Gasteiger partial charge in [-0.15, -0.1) is 0 Å². The third kappa shape index (κ3) is 2.66. The Morgan fingerprint density at radius 3 is 2.36 bits per heavy atom. The van der Waals surface area contributed by atoms with Crippen LogP contribution in [0.4, 0.5) is 0 Å². The number of rotatable bonds is 1. The van der Waals surface area contributed by atoms with Gasteiger partial charge in [0.1, 0.15) is 0 Å². The quantitative estimate of drug-likeness (QED) is 0.540. The summed E-state index contributed by atoms with van der Waals surface area (Å²) >= 11 is 0. The second-order valence-corrected chi connectivity index (χ2v) is 5.02. The van der Waals surface area contributed by atoms with Gasteiger partial charge in [-0.05, 0) is 25.4 Å². The summed E-state index contributed by atoms with van der Waals surface area (Å²) in [6.07, 6.45) is 6.49. The molecule has 11 heavy (non-hydrogen) atoms. The molecule has 0 aromatic heterocycles. The fourth-order valence-corrected chi connectivity index (χ4v) is 1.77. The van der Waals surface area contributed by atoms with E-state index in [1.165, 1.54) is 12.8 Å². The normalized spacial score (nSPS) is 17.5. The lowest BCUT2D eigenvalue weighted by molar-refractivity contribution is -0.122. The van der Waals surface area contributed by atoms with Crippen molar-refractivity contribution in [2.75, 3.05) is 25.6 Å². The Labute approximate surface area is 70.5 Å². The Balaban J connectivity index is 2.47. The van der Waals surface area contributed by atoms with E-state index in [1.54, 1.807) is 0 Å². The monoisotopic (exact) mass is 173 g/mol. The minimum Gasteiger partial charge on any atom is -0.339 e. The Hall–Kier alpha value is -0.310. The lowest BCUT2D eigenvalue weighted by Gasteiger charge is -2.12. The van der Waals surface area contributed by atoms with Crippen molar-refractivity contribution in [2.24, 2.45) is 0 Å². The molecule has 0 saturated carbocycles. The molecule has 1 saturated heterocycles. The molecule has 0 aromatic rings. The molecule has 2 nitrogen and oxygen atoms in total. The third-order valence-corrected chi connectivity index (χ3v) is 2.43. The molecule has 1 fully saturated rings. The van der Waals surface area contributed by atoms with Crippen molar-refractivity contribution in [3.63, 3.8) is 0 Å². The van der Waals surface area contributed by atoms with Gasteiger partial charge in [-0.3, -0.25) is 4.79 Å². The zero-order valence-electron chi connectivity index (χ0n) is 7.17. The molecule has 1 rings (SSSR count). The first-order valence-corrected chi connectivity index (χ1v) is 6.01. The van der Waals surface area contributed by atoms with E-state index >= 15 is 0 Å². The van der Waals surface area contributed by atoms with Gasteiger partial charge in [0.25, 0.3) is 5.91 Å². The minimum atomic E-state index is 0.142. The van der Waals surface area contributed by atoms with Gasteiger partial charge >= 0.3 is 0 Å². The van der Waals surface area contributed by atoms with E-state index in [0.717, 1.165) is 13.1 Å². The Bertz CT molecular complexity index is 179. The van der Waals surface area contributed by atoms with Crippen LogP contribution in [0.15, 0.2) is 0 Å². The van der Waals surface area contributed by atoms with Crippen molar-refractivity contribution in [1.29, 1.82) is 0 Å². The van der Waals surface area contributed by atoms with Gasteiger partial charge in [0.15, 0.2) is 0 Å². The lowest BCUT2D eigenvalue weighted by Crippen LogP contribution is -2.28. The Kier molecular flexibility index (Phi) is 3.12. The highest BCUT2D eigenvalue weighted by Crippen LogP contribution is 2.07. The van der Waals surface area contributed by atoms with Crippen LogP contribution in [0.25, 0.3) is 0 Å². The number of hydrogen-bond acceptors (Lipinski definition) is 1. The number of nitrogens with zero attached hydrogens (tertiary/aromatic N) is 1. The topological polar surface area (TPSA) is 20.3 Å². The molecule has 1 aliphatic heterocycles. The summed E-state index contributed by atoms with van der Waals surface area (Å²) in [5.41, 5.74) is 0. The standard InChI is InChI=1S/C8H15NOS/c1-11(2)7-8(10)9-5-3-4-6-9/h7H,3-6H2,1-2H3. The molecule has 0 radical (unpaired) electrons. The maximum atomic E-state index is 11.3. The van der Waals surface area contributed by atoms with Crippen molar-refractivity contribution in [2.45, 2.75) is 12.8 Å². The molecular formula is C8H15NOS. The number of hydrogen-bond donors (Lipinski definition) is 0. The molecule has 64 valence electrons. The second-order valence-electron chi connectivity index (χ2n) is 3.03. The van der Waals surface area contributed by atoms with E-state index in [0.29, 0.717) is 0 Å². The zero-order chi connectivity index (χ0) is 8.27. The highest BCUT2D eigenvalue weighted by molar-refractivity contribution is 8.14. The van der Waals surface area contributed by atoms with Crippen LogP contribution in [-0.2, 0) is 4.79 Å². The SMILES string of the molecule is CS(C)=CC(=O)N1CCCC1. The first kappa shape index (κ1) is 8.78. The van der Waals surface area contributed by atoms with E-state index in [-0.39, 0.29) is 16.4 Å². The predicted molar refractivity (Wildman–Crippen MR) is 51.3 cm³/mol. The van der Waals surface area contributed by atoms with E-state index in [4.69, 9.17) is 0 Å². The predicted octanol–water partition coefficient (Wildman–Crippen LogP) is 0.940. The molecule has 0 aromatic carbocycles. The summed E-state index contributed by atoms with van der Waals surface area (Å²) in [5.74, 6) is 0.232. The summed E-state index contributed by atoms with van der Waals surface area (Å²) in [5, 5.41) is 1.82. The molecule has 0 atom stereocenters. The molecule has 1 amide bonds. The smallest absolute Gasteiger partial charge is 0.252 e. The summed E-state index contributed by atoms with van der Waals surface area (Å²) in [6.45, 7) is 1.93. The van der Waals surface area contributed by atoms with E-state index < -0.39 is 0 Å². The maximum absolute atomic E-state index is 11.3. The van der Waals surface area contributed by atoms with Gasteiger partial charge in [0.2, 0.25) is 0 Å². The van der Waals surface area contributed by atoms with Gasteiger partial charge in [0, 0.05) is 18.5 Å². The molecule has 1 aliphatic rings. The highest BCUT2D eigenvalue weighted by Gasteiger charge is 2.15. The first-order chi connectivity index (χ1) is 5.20. The molecule has 0 N–H and O–H groups in total. The fourth-order valence-electron chi connectivity index (χ4n) is 1.21. The van der Waals surface area contributed by atoms with Gasteiger partial charge in [-0.1, -0.05) is 0 Å². The summed E-state index contributed by atoms with van der Waals surface area (Å²) in [4.78, 5) is 13.3. The van der Waals surface area contributed by atoms with Crippen LogP contribution < -0.4 is 0 Å². The highest BCUT2D eigenvalue weighted by atomic mass is 32.2. The average molecular weight is 173 g/mol. The van der Waals surface area contributed by atoms with Crippen LogP contribution in [0, 0.1) is 0 Å². The second kappa shape index (κ2) is 3.90. The third-order valence-electron chi connectivity index (χ3n) is 1.75. The van der Waals surface area contributed by atoms with Gasteiger partial charge in [-0.2, -0.15) is 10.5 Å². The molecule has 3 heteroatoms. The van der Waals surface area contributed by atoms with E-state index in [2.05, 4.69) is 12.5 Å². The van der Waals surface area contributed by atoms with Crippen molar-refractivity contribution in [3.05, 3.63) is 0 Å². The Morgan fingerprint density at radius 1 is 1.36 bits per heavy atom. The molecule has 1 heterocycles. The number of carbonyl (C=O) groups is 1. The van der Waals surface area contributed by atoms with Crippen LogP contribution in [-0.4, -0.2) is 41.8 Å². The van der Waals surface area contributed by atoms with Crippen LogP contribution in [0.1, 0.15) is 12.8 Å². The fraction of sp³-hybridized carbons (Fsp3) is 0.750. The number of carbonyl (C=O) groups excluding carboxylic acids is 1. The van der Waals surface area contributed by atoms with Gasteiger partial charge in [0.05, 0.1) is 0 Å². The maximum Gasteiger partial charge on any atom is 0.252 e. The van der Waals surface area contributed by atoms with Crippen molar-refractivity contribution in [3.8, 4) is 0 Å². The lowest BCUT2D eigenvalue weighted by atomic mass is 10.4. The number of likely N-dealkylation sites (tertiary alicyclic amines) is 1. The largest absolute Gasteiger partial charge is 0.339 e. The van der Waals surface area contributed by atoms with Crippen LogP contribution in [0.2, 0.25) is 0 Å². The summed E-state index contributed by atoms with van der Waals surface area (Å²) in [6, 6.07) is 0. The zero-order valence-corrected chi connectivity index (χ0v) is 7.99. The van der Waals surface area contributed by atoms with E-state index in [9.17, 15) is 4.79 Å². The van der Waals surface area contributed by atoms with Crippen LogP contribution in [0.3, 0.4) is 0 Å².